The summed E-state index contributed by atoms with van der Waals surface area (Å²) in [5.74, 6) is 0.430. The van der Waals surface area contributed by atoms with Crippen LogP contribution in [-0.4, -0.2) is 61.1 Å². The normalized spacial score (nSPS) is 18.9. The average Bonchev–Trinajstić information content (AvgIpc) is 2.90. The first-order valence-corrected chi connectivity index (χ1v) is 11.4. The molecule has 30 heavy (non-hydrogen) atoms. The highest BCUT2D eigenvalue weighted by molar-refractivity contribution is 8.00. The predicted octanol–water partition coefficient (Wildman–Crippen LogP) is 2.71. The lowest BCUT2D eigenvalue weighted by Crippen LogP contribution is -2.37. The molecule has 1 fully saturated rings. The van der Waals surface area contributed by atoms with E-state index in [0.29, 0.717) is 48.7 Å². The van der Waals surface area contributed by atoms with Crippen LogP contribution >= 0.6 is 0 Å². The molecule has 0 spiro atoms. The maximum atomic E-state index is 12.8. The first-order valence-electron chi connectivity index (χ1n) is 9.94. The van der Waals surface area contributed by atoms with E-state index in [-0.39, 0.29) is 10.8 Å². The highest BCUT2D eigenvalue weighted by Gasteiger charge is 2.34. The molecule has 0 bridgehead atoms. The number of nitrogens with zero attached hydrogens (tertiary/aromatic N) is 4. The molecule has 1 amide bonds. The van der Waals surface area contributed by atoms with Gasteiger partial charge in [-0.3, -0.25) is 9.78 Å². The molecule has 7 nitrogen and oxygen atoms in total. The van der Waals surface area contributed by atoms with Crippen molar-refractivity contribution in [3.05, 3.63) is 71.1 Å². The number of aromatic nitrogens is 1. The highest BCUT2D eigenvalue weighted by atomic mass is 32.2. The number of rotatable bonds is 2. The van der Waals surface area contributed by atoms with Crippen LogP contribution in [0.1, 0.15) is 34.8 Å². The Hall–Kier alpha value is -3.00. The van der Waals surface area contributed by atoms with E-state index in [1.165, 1.54) is 0 Å². The zero-order valence-corrected chi connectivity index (χ0v) is 17.9. The molecule has 1 aromatic heterocycles. The van der Waals surface area contributed by atoms with Gasteiger partial charge in [-0.1, -0.05) is 29.8 Å². The Morgan fingerprint density at radius 1 is 1.00 bits per heavy atom. The van der Waals surface area contributed by atoms with Crippen LogP contribution in [-0.2, 0) is 10.0 Å². The number of hydrogen-bond donors (Lipinski definition) is 0. The van der Waals surface area contributed by atoms with E-state index in [9.17, 15) is 13.2 Å². The van der Waals surface area contributed by atoms with Gasteiger partial charge >= 0.3 is 0 Å². The third-order valence-corrected chi connectivity index (χ3v) is 6.92. The minimum Gasteiger partial charge on any atom is -0.354 e. The Balaban J connectivity index is 1.56. The standard InChI is InChI=1S/C22H24N4O3S/c1-16-6-8-18(9-7-16)20-17(2)21(24-30(20,28)29)25-11-4-12-26(14-13-25)22(27)19-5-3-10-23-15-19/h3,5-10,15H,4,11-14H2,1-2H3. The van der Waals surface area contributed by atoms with Gasteiger partial charge in [-0.25, -0.2) is 0 Å². The molecule has 0 aliphatic carbocycles. The number of aryl methyl sites for hydroxylation is 1. The predicted molar refractivity (Wildman–Crippen MR) is 116 cm³/mol. The second-order valence-corrected chi connectivity index (χ2v) is 9.13. The number of amidine groups is 1. The lowest BCUT2D eigenvalue weighted by molar-refractivity contribution is 0.0763. The molecule has 8 heteroatoms. The Kier molecular flexibility index (Phi) is 5.42. The average molecular weight is 425 g/mol. The van der Waals surface area contributed by atoms with E-state index in [1.807, 2.05) is 43.0 Å². The van der Waals surface area contributed by atoms with Gasteiger partial charge in [0, 0.05) is 44.1 Å². The van der Waals surface area contributed by atoms with Crippen molar-refractivity contribution in [1.29, 1.82) is 0 Å². The van der Waals surface area contributed by atoms with Gasteiger partial charge in [-0.2, -0.15) is 8.42 Å². The summed E-state index contributed by atoms with van der Waals surface area (Å²) in [4.78, 5) is 20.8. The maximum Gasteiger partial charge on any atom is 0.285 e. The third kappa shape index (κ3) is 3.87. The fraction of sp³-hybridized carbons (Fsp3) is 0.318. The Bertz CT molecular complexity index is 1120. The first kappa shape index (κ1) is 20.3. The summed E-state index contributed by atoms with van der Waals surface area (Å²) < 4.78 is 29.7. The zero-order chi connectivity index (χ0) is 21.3. The zero-order valence-electron chi connectivity index (χ0n) is 17.1. The fourth-order valence-corrected chi connectivity index (χ4v) is 5.38. The second kappa shape index (κ2) is 8.02. The number of pyridine rings is 1. The van der Waals surface area contributed by atoms with Crippen molar-refractivity contribution in [2.45, 2.75) is 20.3 Å². The molecule has 0 atom stereocenters. The van der Waals surface area contributed by atoms with Crippen LogP contribution < -0.4 is 0 Å². The van der Waals surface area contributed by atoms with Gasteiger partial charge in [0.05, 0.1) is 5.56 Å². The molecule has 156 valence electrons. The molecule has 0 saturated carbocycles. The third-order valence-electron chi connectivity index (χ3n) is 5.45. The Labute approximate surface area is 176 Å². The van der Waals surface area contributed by atoms with Crippen LogP contribution in [0.2, 0.25) is 0 Å². The van der Waals surface area contributed by atoms with Gasteiger partial charge in [0.25, 0.3) is 15.9 Å². The van der Waals surface area contributed by atoms with Crippen molar-refractivity contribution < 1.29 is 13.2 Å². The van der Waals surface area contributed by atoms with Crippen LogP contribution in [0.15, 0.2) is 58.8 Å². The van der Waals surface area contributed by atoms with Gasteiger partial charge in [0.2, 0.25) is 0 Å². The first-order chi connectivity index (χ1) is 14.4. The molecule has 0 unspecified atom stereocenters. The van der Waals surface area contributed by atoms with E-state index in [2.05, 4.69) is 9.38 Å². The molecule has 4 rings (SSSR count). The molecule has 2 aromatic rings. The highest BCUT2D eigenvalue weighted by Crippen LogP contribution is 2.34. The fourth-order valence-electron chi connectivity index (χ4n) is 3.89. The molecule has 2 aliphatic heterocycles. The number of carbonyl (C=O) groups excluding carboxylic acids is 1. The van der Waals surface area contributed by atoms with Crippen LogP contribution in [0.4, 0.5) is 0 Å². The van der Waals surface area contributed by atoms with Crippen LogP contribution in [0.25, 0.3) is 4.91 Å². The molecule has 0 radical (unpaired) electrons. The molecular formula is C22H24N4O3S. The lowest BCUT2D eigenvalue weighted by Gasteiger charge is -2.23. The number of benzene rings is 1. The van der Waals surface area contributed by atoms with Gasteiger partial charge < -0.3 is 9.80 Å². The van der Waals surface area contributed by atoms with E-state index in [0.717, 1.165) is 12.0 Å². The quantitative estimate of drug-likeness (QED) is 0.740. The Morgan fingerprint density at radius 2 is 1.77 bits per heavy atom. The lowest BCUT2D eigenvalue weighted by atomic mass is 10.1. The summed E-state index contributed by atoms with van der Waals surface area (Å²) in [5, 5.41) is 0. The number of hydrogen-bond acceptors (Lipinski definition) is 5. The minimum absolute atomic E-state index is 0.0569. The van der Waals surface area contributed by atoms with Crippen molar-refractivity contribution >= 4 is 26.7 Å². The molecule has 3 heterocycles. The van der Waals surface area contributed by atoms with Gasteiger partial charge in [-0.15, -0.1) is 4.40 Å². The summed E-state index contributed by atoms with van der Waals surface area (Å²) in [6, 6.07) is 10.9. The molecule has 0 N–H and O–H groups in total. The summed E-state index contributed by atoms with van der Waals surface area (Å²) in [5.41, 5.74) is 2.94. The van der Waals surface area contributed by atoms with Crippen molar-refractivity contribution in [3.8, 4) is 0 Å². The van der Waals surface area contributed by atoms with Gasteiger partial charge in [-0.05, 0) is 38.0 Å². The number of carbonyl (C=O) groups is 1. The number of amides is 1. The van der Waals surface area contributed by atoms with E-state index >= 15 is 0 Å². The molecular weight excluding hydrogens is 400 g/mol. The van der Waals surface area contributed by atoms with Gasteiger partial charge in [0.1, 0.15) is 10.7 Å². The molecule has 2 aliphatic rings. The van der Waals surface area contributed by atoms with Crippen molar-refractivity contribution in [1.82, 2.24) is 14.8 Å². The number of sulfonamides is 1. The molecule has 1 aromatic carbocycles. The smallest absolute Gasteiger partial charge is 0.285 e. The maximum absolute atomic E-state index is 12.8. The van der Waals surface area contributed by atoms with E-state index in [1.54, 1.807) is 29.4 Å². The van der Waals surface area contributed by atoms with E-state index in [4.69, 9.17) is 0 Å². The second-order valence-electron chi connectivity index (χ2n) is 7.58. The van der Waals surface area contributed by atoms with E-state index < -0.39 is 10.0 Å². The van der Waals surface area contributed by atoms with Crippen LogP contribution in [0.3, 0.4) is 0 Å². The summed E-state index contributed by atoms with van der Waals surface area (Å²) in [7, 11) is -3.75. The van der Waals surface area contributed by atoms with Crippen molar-refractivity contribution in [3.63, 3.8) is 0 Å². The monoisotopic (exact) mass is 424 g/mol. The SMILES string of the molecule is CC1=C(c2ccc(C)cc2)S(=O)(=O)N=C1N1CCCN(C(=O)c2cccnc2)CC1. The van der Waals surface area contributed by atoms with Crippen LogP contribution in [0.5, 0.6) is 0 Å². The summed E-state index contributed by atoms with van der Waals surface area (Å²) in [6.45, 7) is 6.05. The van der Waals surface area contributed by atoms with Crippen molar-refractivity contribution in [2.75, 3.05) is 26.2 Å². The largest absolute Gasteiger partial charge is 0.354 e. The van der Waals surface area contributed by atoms with Gasteiger partial charge in [0.15, 0.2) is 0 Å². The molecule has 1 saturated heterocycles. The Morgan fingerprint density at radius 3 is 2.47 bits per heavy atom. The minimum atomic E-state index is -3.75. The summed E-state index contributed by atoms with van der Waals surface area (Å²) in [6.07, 6.45) is 3.94. The van der Waals surface area contributed by atoms with Crippen molar-refractivity contribution in [2.24, 2.45) is 4.40 Å². The topological polar surface area (TPSA) is 82.9 Å². The summed E-state index contributed by atoms with van der Waals surface area (Å²) >= 11 is 0. The van der Waals surface area contributed by atoms with Crippen LogP contribution in [0, 0.1) is 6.92 Å².